The molecule has 1 saturated heterocycles. The lowest BCUT2D eigenvalue weighted by molar-refractivity contribution is -0.000577. The van der Waals surface area contributed by atoms with Crippen molar-refractivity contribution in [2.75, 3.05) is 26.7 Å². The van der Waals surface area contributed by atoms with Crippen LogP contribution in [0.25, 0.3) is 0 Å². The van der Waals surface area contributed by atoms with E-state index in [0.717, 1.165) is 26.1 Å². The zero-order chi connectivity index (χ0) is 15.3. The minimum atomic E-state index is -0.0478. The summed E-state index contributed by atoms with van der Waals surface area (Å²) in [5.74, 6) is 0. The second-order valence-corrected chi connectivity index (χ2v) is 6.65. The van der Waals surface area contributed by atoms with E-state index in [1.54, 1.807) is 7.11 Å². The monoisotopic (exact) mass is 290 g/mol. The van der Waals surface area contributed by atoms with Gasteiger partial charge in [0.2, 0.25) is 0 Å². The third kappa shape index (κ3) is 4.53. The van der Waals surface area contributed by atoms with Crippen molar-refractivity contribution in [3.8, 4) is 0 Å². The topological polar surface area (TPSA) is 24.5 Å². The smallest absolute Gasteiger partial charge is 0.0634 e. The van der Waals surface area contributed by atoms with Crippen molar-refractivity contribution in [3.05, 3.63) is 35.9 Å². The number of piperazine rings is 1. The molecule has 0 spiro atoms. The van der Waals surface area contributed by atoms with Gasteiger partial charge in [-0.05, 0) is 32.3 Å². The second-order valence-electron chi connectivity index (χ2n) is 6.65. The second kappa shape index (κ2) is 7.39. The molecule has 21 heavy (non-hydrogen) atoms. The maximum absolute atomic E-state index is 5.58. The predicted octanol–water partition coefficient (Wildman–Crippen LogP) is 3.23. The maximum atomic E-state index is 5.58. The van der Waals surface area contributed by atoms with Gasteiger partial charge in [-0.25, -0.2) is 0 Å². The Bertz CT molecular complexity index is 418. The summed E-state index contributed by atoms with van der Waals surface area (Å²) in [6.07, 6.45) is 2.24. The highest BCUT2D eigenvalue weighted by atomic mass is 16.5. The Labute approximate surface area is 129 Å². The summed E-state index contributed by atoms with van der Waals surface area (Å²) in [5, 5.41) is 3.69. The average Bonchev–Trinajstić information content (AvgIpc) is 2.53. The average molecular weight is 290 g/mol. The number of benzene rings is 1. The molecule has 1 fully saturated rings. The van der Waals surface area contributed by atoms with E-state index >= 15 is 0 Å². The number of ether oxygens (including phenoxy) is 1. The van der Waals surface area contributed by atoms with Gasteiger partial charge in [-0.2, -0.15) is 0 Å². The van der Waals surface area contributed by atoms with E-state index < -0.39 is 0 Å². The first kappa shape index (κ1) is 16.5. The highest BCUT2D eigenvalue weighted by Crippen LogP contribution is 2.26. The molecule has 0 amide bonds. The minimum absolute atomic E-state index is 0.0478. The first-order valence-electron chi connectivity index (χ1n) is 8.13. The Morgan fingerprint density at radius 3 is 2.62 bits per heavy atom. The highest BCUT2D eigenvalue weighted by Gasteiger charge is 2.29. The van der Waals surface area contributed by atoms with Crippen LogP contribution in [-0.2, 0) is 4.74 Å². The molecule has 3 nitrogen and oxygen atoms in total. The third-order valence-corrected chi connectivity index (χ3v) is 4.73. The lowest BCUT2D eigenvalue weighted by Crippen LogP contribution is -2.52. The number of rotatable bonds is 6. The number of hydrogen-bond acceptors (Lipinski definition) is 3. The molecule has 2 atom stereocenters. The van der Waals surface area contributed by atoms with Crippen molar-refractivity contribution < 1.29 is 4.74 Å². The van der Waals surface area contributed by atoms with Gasteiger partial charge in [0.1, 0.15) is 0 Å². The molecule has 0 saturated carbocycles. The van der Waals surface area contributed by atoms with Gasteiger partial charge in [0.15, 0.2) is 0 Å². The van der Waals surface area contributed by atoms with Gasteiger partial charge in [-0.15, -0.1) is 0 Å². The minimum Gasteiger partial charge on any atom is -0.379 e. The zero-order valence-corrected chi connectivity index (χ0v) is 13.9. The van der Waals surface area contributed by atoms with Crippen LogP contribution in [0.2, 0.25) is 0 Å². The zero-order valence-electron chi connectivity index (χ0n) is 13.9. The first-order chi connectivity index (χ1) is 10.1. The van der Waals surface area contributed by atoms with Crippen LogP contribution in [0.15, 0.2) is 30.3 Å². The van der Waals surface area contributed by atoms with E-state index in [1.165, 1.54) is 12.0 Å². The molecule has 1 N–H and O–H groups in total. The molecule has 0 bridgehead atoms. The van der Waals surface area contributed by atoms with Gasteiger partial charge in [-0.3, -0.25) is 4.90 Å². The fraction of sp³-hybridized carbons (Fsp3) is 0.667. The standard InChI is InChI=1S/C18H30N2O/c1-5-16-14-20(12-11-18(2,3)21-4)17(13-19-16)15-9-7-6-8-10-15/h6-10,16-17,19H,5,11-14H2,1-4H3. The van der Waals surface area contributed by atoms with Crippen LogP contribution in [0.5, 0.6) is 0 Å². The molecular weight excluding hydrogens is 260 g/mol. The maximum Gasteiger partial charge on any atom is 0.0634 e. The molecule has 1 aromatic carbocycles. The molecule has 1 heterocycles. The van der Waals surface area contributed by atoms with E-state index in [0.29, 0.717) is 12.1 Å². The largest absolute Gasteiger partial charge is 0.379 e. The number of methoxy groups -OCH3 is 1. The molecular formula is C18H30N2O. The molecule has 0 aliphatic carbocycles. The van der Waals surface area contributed by atoms with E-state index in [9.17, 15) is 0 Å². The lowest BCUT2D eigenvalue weighted by Gasteiger charge is -2.41. The summed E-state index contributed by atoms with van der Waals surface area (Å²) in [4.78, 5) is 2.63. The summed E-state index contributed by atoms with van der Waals surface area (Å²) in [5.41, 5.74) is 1.36. The summed E-state index contributed by atoms with van der Waals surface area (Å²) in [6, 6.07) is 11.9. The van der Waals surface area contributed by atoms with Gasteiger partial charge >= 0.3 is 0 Å². The molecule has 2 unspecified atom stereocenters. The molecule has 1 aromatic rings. The van der Waals surface area contributed by atoms with Crippen molar-refractivity contribution in [1.82, 2.24) is 10.2 Å². The van der Waals surface area contributed by atoms with Gasteiger partial charge in [0.25, 0.3) is 0 Å². The Morgan fingerprint density at radius 2 is 2.00 bits per heavy atom. The lowest BCUT2D eigenvalue weighted by atomic mass is 9.98. The first-order valence-corrected chi connectivity index (χ1v) is 8.13. The van der Waals surface area contributed by atoms with Gasteiger partial charge < -0.3 is 10.1 Å². The van der Waals surface area contributed by atoms with Crippen molar-refractivity contribution in [3.63, 3.8) is 0 Å². The third-order valence-electron chi connectivity index (χ3n) is 4.73. The quantitative estimate of drug-likeness (QED) is 0.870. The molecule has 0 radical (unpaired) electrons. The van der Waals surface area contributed by atoms with Crippen LogP contribution in [0.1, 0.15) is 45.2 Å². The fourth-order valence-corrected chi connectivity index (χ4v) is 2.92. The molecule has 2 rings (SSSR count). The van der Waals surface area contributed by atoms with Crippen molar-refractivity contribution >= 4 is 0 Å². The van der Waals surface area contributed by atoms with E-state index in [2.05, 4.69) is 61.3 Å². The van der Waals surface area contributed by atoms with Crippen LogP contribution in [-0.4, -0.2) is 43.3 Å². The van der Waals surface area contributed by atoms with Crippen LogP contribution in [0.3, 0.4) is 0 Å². The van der Waals surface area contributed by atoms with Gasteiger partial charge in [-0.1, -0.05) is 37.3 Å². The van der Waals surface area contributed by atoms with Crippen LogP contribution < -0.4 is 5.32 Å². The number of nitrogens with one attached hydrogen (secondary N) is 1. The van der Waals surface area contributed by atoms with Gasteiger partial charge in [0.05, 0.1) is 5.60 Å². The van der Waals surface area contributed by atoms with Crippen LogP contribution >= 0.6 is 0 Å². The fourth-order valence-electron chi connectivity index (χ4n) is 2.92. The Hall–Kier alpha value is -0.900. The van der Waals surface area contributed by atoms with Gasteiger partial charge in [0, 0.05) is 38.8 Å². The van der Waals surface area contributed by atoms with E-state index in [-0.39, 0.29) is 5.60 Å². The van der Waals surface area contributed by atoms with Crippen molar-refractivity contribution in [2.24, 2.45) is 0 Å². The molecule has 1 aliphatic rings. The predicted molar refractivity (Wildman–Crippen MR) is 88.5 cm³/mol. The summed E-state index contributed by atoms with van der Waals surface area (Å²) in [6.45, 7) is 9.84. The van der Waals surface area contributed by atoms with Crippen molar-refractivity contribution in [2.45, 2.75) is 51.3 Å². The molecule has 118 valence electrons. The SMILES string of the molecule is CCC1CN(CCC(C)(C)OC)C(c2ccccc2)CN1. The van der Waals surface area contributed by atoms with Crippen LogP contribution in [0, 0.1) is 0 Å². The molecule has 1 aliphatic heterocycles. The Balaban J connectivity index is 2.07. The number of hydrogen-bond donors (Lipinski definition) is 1. The Kier molecular flexibility index (Phi) is 5.80. The molecule has 3 heteroatoms. The van der Waals surface area contributed by atoms with E-state index in [4.69, 9.17) is 4.74 Å². The highest BCUT2D eigenvalue weighted by molar-refractivity contribution is 5.20. The van der Waals surface area contributed by atoms with Crippen molar-refractivity contribution in [1.29, 1.82) is 0 Å². The number of nitrogens with zero attached hydrogens (tertiary/aromatic N) is 1. The normalized spacial score (nSPS) is 24.2. The molecule has 0 aromatic heterocycles. The summed E-state index contributed by atoms with van der Waals surface area (Å²) < 4.78 is 5.58. The van der Waals surface area contributed by atoms with Crippen LogP contribution in [0.4, 0.5) is 0 Å². The van der Waals surface area contributed by atoms with E-state index in [1.807, 2.05) is 0 Å². The Morgan fingerprint density at radius 1 is 1.29 bits per heavy atom. The summed E-state index contributed by atoms with van der Waals surface area (Å²) in [7, 11) is 1.81. The summed E-state index contributed by atoms with van der Waals surface area (Å²) >= 11 is 0.